The van der Waals surface area contributed by atoms with Crippen molar-refractivity contribution >= 4 is 11.7 Å². The largest absolute Gasteiger partial charge is 0.339 e. The lowest BCUT2D eigenvalue weighted by Crippen LogP contribution is -2.15. The number of hydrogen-bond donors (Lipinski definition) is 1. The average Bonchev–Trinajstić information content (AvgIpc) is 3.52. The summed E-state index contributed by atoms with van der Waals surface area (Å²) in [4.78, 5) is 25.2. The lowest BCUT2D eigenvalue weighted by Gasteiger charge is -2.08. The summed E-state index contributed by atoms with van der Waals surface area (Å²) in [7, 11) is 0. The Labute approximate surface area is 189 Å². The zero-order valence-electron chi connectivity index (χ0n) is 17.5. The highest BCUT2D eigenvalue weighted by atomic mass is 16.5. The number of para-hydroxylation sites is 1. The Bertz CT molecular complexity index is 1350. The minimum atomic E-state index is -0.192. The van der Waals surface area contributed by atoms with Crippen LogP contribution in [0.5, 0.6) is 0 Å². The van der Waals surface area contributed by atoms with E-state index in [1.807, 2.05) is 66.7 Å². The van der Waals surface area contributed by atoms with E-state index in [9.17, 15) is 4.79 Å². The third-order valence-corrected chi connectivity index (χ3v) is 4.85. The van der Waals surface area contributed by atoms with Crippen LogP contribution in [0.15, 0.2) is 89.7 Å². The zero-order valence-corrected chi connectivity index (χ0v) is 17.5. The van der Waals surface area contributed by atoms with Crippen molar-refractivity contribution in [2.45, 2.75) is 12.8 Å². The maximum atomic E-state index is 12.7. The second-order valence-electron chi connectivity index (χ2n) is 7.16. The van der Waals surface area contributed by atoms with Crippen molar-refractivity contribution in [1.82, 2.24) is 29.9 Å². The van der Waals surface area contributed by atoms with E-state index in [1.54, 1.807) is 23.1 Å². The first-order chi connectivity index (χ1) is 16.3. The van der Waals surface area contributed by atoms with Gasteiger partial charge in [0.25, 0.3) is 0 Å². The molecule has 1 N–H and O–H groups in total. The Morgan fingerprint density at radius 3 is 2.39 bits per heavy atom. The molecule has 0 atom stereocenters. The van der Waals surface area contributed by atoms with Crippen LogP contribution >= 0.6 is 0 Å². The highest BCUT2D eigenvalue weighted by molar-refractivity contribution is 5.91. The van der Waals surface area contributed by atoms with Crippen molar-refractivity contribution in [3.63, 3.8) is 0 Å². The fourth-order valence-corrected chi connectivity index (χ4v) is 3.27. The first-order valence-electron chi connectivity index (χ1n) is 10.4. The number of aromatic nitrogens is 6. The third-order valence-electron chi connectivity index (χ3n) is 4.85. The van der Waals surface area contributed by atoms with Crippen LogP contribution in [0.4, 0.5) is 5.82 Å². The van der Waals surface area contributed by atoms with E-state index < -0.39 is 0 Å². The van der Waals surface area contributed by atoms with E-state index in [0.717, 1.165) is 16.9 Å². The number of carbonyl (C=O) groups is 1. The molecule has 0 radical (unpaired) electrons. The van der Waals surface area contributed by atoms with E-state index in [0.29, 0.717) is 23.4 Å². The van der Waals surface area contributed by atoms with E-state index in [-0.39, 0.29) is 18.7 Å². The fraction of sp³-hybridized carbons (Fsp3) is 0.0833. The van der Waals surface area contributed by atoms with E-state index in [2.05, 4.69) is 25.4 Å². The predicted octanol–water partition coefficient (Wildman–Crippen LogP) is 3.95. The molecule has 0 spiro atoms. The molecule has 3 heterocycles. The molecule has 2 aromatic carbocycles. The third kappa shape index (κ3) is 4.67. The molecule has 5 rings (SSSR count). The smallest absolute Gasteiger partial charge is 0.240 e. The minimum Gasteiger partial charge on any atom is -0.339 e. The van der Waals surface area contributed by atoms with Gasteiger partial charge in [-0.25, -0.2) is 14.6 Å². The van der Waals surface area contributed by atoms with Gasteiger partial charge >= 0.3 is 0 Å². The van der Waals surface area contributed by atoms with Gasteiger partial charge in [0.05, 0.1) is 11.4 Å². The van der Waals surface area contributed by atoms with Crippen LogP contribution in [0.1, 0.15) is 12.3 Å². The highest BCUT2D eigenvalue weighted by Crippen LogP contribution is 2.25. The second-order valence-corrected chi connectivity index (χ2v) is 7.16. The SMILES string of the molecule is O=C(CCc1nc(-c2ncccn2)no1)Nc1cc(-c2ccccc2)nn1-c1ccccc1. The number of benzene rings is 2. The molecule has 0 saturated carbocycles. The molecule has 162 valence electrons. The quantitative estimate of drug-likeness (QED) is 0.410. The van der Waals surface area contributed by atoms with Crippen LogP contribution < -0.4 is 5.32 Å². The van der Waals surface area contributed by atoms with Crippen molar-refractivity contribution < 1.29 is 9.32 Å². The highest BCUT2D eigenvalue weighted by Gasteiger charge is 2.16. The lowest BCUT2D eigenvalue weighted by molar-refractivity contribution is -0.116. The molecule has 0 aliphatic heterocycles. The number of amides is 1. The van der Waals surface area contributed by atoms with Gasteiger partial charge in [-0.3, -0.25) is 4.79 Å². The molecule has 9 heteroatoms. The molecule has 0 saturated heterocycles. The summed E-state index contributed by atoms with van der Waals surface area (Å²) in [5, 5.41) is 11.5. The molecule has 3 aromatic heterocycles. The summed E-state index contributed by atoms with van der Waals surface area (Å²) < 4.78 is 6.96. The van der Waals surface area contributed by atoms with Gasteiger partial charge < -0.3 is 9.84 Å². The van der Waals surface area contributed by atoms with E-state index >= 15 is 0 Å². The van der Waals surface area contributed by atoms with E-state index in [4.69, 9.17) is 9.62 Å². The standard InChI is InChI=1S/C24H19N7O2/c32-21(12-13-22-28-24(30-33-22)23-25-14-7-15-26-23)27-20-16-19(17-8-3-1-4-9-17)29-31(20)18-10-5-2-6-11-18/h1-11,14-16H,12-13H2,(H,27,32). The van der Waals surface area contributed by atoms with Crippen molar-refractivity contribution in [3.05, 3.63) is 91.1 Å². The predicted molar refractivity (Wildman–Crippen MR) is 121 cm³/mol. The average molecular weight is 437 g/mol. The topological polar surface area (TPSA) is 112 Å². The molecular weight excluding hydrogens is 418 g/mol. The molecule has 0 bridgehead atoms. The number of aryl methyl sites for hydroxylation is 1. The molecule has 0 aliphatic carbocycles. The molecular formula is C24H19N7O2. The van der Waals surface area contributed by atoms with Crippen molar-refractivity contribution in [3.8, 4) is 28.6 Å². The van der Waals surface area contributed by atoms with Gasteiger partial charge in [0.1, 0.15) is 5.82 Å². The first kappa shape index (κ1) is 20.3. The van der Waals surface area contributed by atoms with Gasteiger partial charge in [-0.15, -0.1) is 0 Å². The minimum absolute atomic E-state index is 0.165. The zero-order chi connectivity index (χ0) is 22.5. The maximum Gasteiger partial charge on any atom is 0.240 e. The molecule has 0 unspecified atom stereocenters. The summed E-state index contributed by atoms with van der Waals surface area (Å²) >= 11 is 0. The summed E-state index contributed by atoms with van der Waals surface area (Å²) in [5.74, 6) is 1.39. The fourth-order valence-electron chi connectivity index (χ4n) is 3.27. The van der Waals surface area contributed by atoms with Gasteiger partial charge in [0, 0.05) is 36.9 Å². The van der Waals surface area contributed by atoms with Gasteiger partial charge in [0.15, 0.2) is 0 Å². The Hall–Kier alpha value is -4.66. The van der Waals surface area contributed by atoms with Gasteiger partial charge in [0.2, 0.25) is 23.4 Å². The monoisotopic (exact) mass is 437 g/mol. The summed E-state index contributed by atoms with van der Waals surface area (Å²) in [6.07, 6.45) is 3.66. The van der Waals surface area contributed by atoms with Gasteiger partial charge in [-0.05, 0) is 18.2 Å². The molecule has 0 aliphatic rings. The van der Waals surface area contributed by atoms with Crippen LogP contribution in [0, 0.1) is 0 Å². The van der Waals surface area contributed by atoms with Crippen LogP contribution in [0.25, 0.3) is 28.6 Å². The lowest BCUT2D eigenvalue weighted by atomic mass is 10.1. The van der Waals surface area contributed by atoms with Gasteiger partial charge in [-0.2, -0.15) is 10.1 Å². The van der Waals surface area contributed by atoms with Gasteiger partial charge in [-0.1, -0.05) is 53.7 Å². The number of anilines is 1. The molecule has 5 aromatic rings. The number of rotatable bonds is 7. The van der Waals surface area contributed by atoms with Crippen molar-refractivity contribution in [2.24, 2.45) is 0 Å². The second kappa shape index (κ2) is 9.23. The van der Waals surface area contributed by atoms with E-state index in [1.165, 1.54) is 0 Å². The summed E-state index contributed by atoms with van der Waals surface area (Å²) in [5.41, 5.74) is 2.57. The summed E-state index contributed by atoms with van der Waals surface area (Å²) in [6, 6.07) is 23.0. The maximum absolute atomic E-state index is 12.7. The van der Waals surface area contributed by atoms with Crippen LogP contribution in [0.3, 0.4) is 0 Å². The normalized spacial score (nSPS) is 10.8. The Balaban J connectivity index is 1.32. The Morgan fingerprint density at radius 2 is 1.64 bits per heavy atom. The number of nitrogens with zero attached hydrogens (tertiary/aromatic N) is 6. The molecule has 1 amide bonds. The van der Waals surface area contributed by atoms with Crippen molar-refractivity contribution in [1.29, 1.82) is 0 Å². The van der Waals surface area contributed by atoms with Crippen LogP contribution in [0.2, 0.25) is 0 Å². The number of carbonyl (C=O) groups excluding carboxylic acids is 1. The first-order valence-corrected chi connectivity index (χ1v) is 10.4. The van der Waals surface area contributed by atoms with Crippen LogP contribution in [-0.4, -0.2) is 35.8 Å². The molecule has 9 nitrogen and oxygen atoms in total. The molecule has 0 fully saturated rings. The Kier molecular flexibility index (Phi) is 5.66. The van der Waals surface area contributed by atoms with Crippen molar-refractivity contribution in [2.75, 3.05) is 5.32 Å². The van der Waals surface area contributed by atoms with Crippen LogP contribution in [-0.2, 0) is 11.2 Å². The number of hydrogen-bond acceptors (Lipinski definition) is 7. The number of nitrogens with one attached hydrogen (secondary N) is 1. The summed E-state index contributed by atoms with van der Waals surface area (Å²) in [6.45, 7) is 0. The molecule has 33 heavy (non-hydrogen) atoms. The Morgan fingerprint density at radius 1 is 0.909 bits per heavy atom.